The number of hydrogen-bond acceptors (Lipinski definition) is 0. The van der Waals surface area contributed by atoms with Crippen LogP contribution in [0, 0.1) is 6.92 Å². The molecule has 1 rings (SSSR count). The van der Waals surface area contributed by atoms with Crippen LogP contribution in [0.5, 0.6) is 0 Å². The molecule has 0 fully saturated rings. The molecule has 0 nitrogen and oxygen atoms in total. The van der Waals surface area contributed by atoms with Crippen molar-refractivity contribution in [1.29, 1.82) is 0 Å². The van der Waals surface area contributed by atoms with Gasteiger partial charge in [-0.15, -0.1) is 9.24 Å². The van der Waals surface area contributed by atoms with E-state index in [1.807, 2.05) is 13.8 Å². The van der Waals surface area contributed by atoms with Crippen molar-refractivity contribution in [2.45, 2.75) is 53.1 Å². The van der Waals surface area contributed by atoms with Gasteiger partial charge in [-0.3, -0.25) is 0 Å². The quantitative estimate of drug-likeness (QED) is 0.639. The summed E-state index contributed by atoms with van der Waals surface area (Å²) in [6.07, 6.45) is 1.13. The zero-order valence-corrected chi connectivity index (χ0v) is 12.2. The van der Waals surface area contributed by atoms with Gasteiger partial charge < -0.3 is 0 Å². The minimum Gasteiger partial charge on any atom is -0.127 e. The van der Waals surface area contributed by atoms with Crippen molar-refractivity contribution < 1.29 is 0 Å². The largest absolute Gasteiger partial charge is 0.127 e. The van der Waals surface area contributed by atoms with Crippen LogP contribution < -0.4 is 0 Å². The Bertz CT molecular complexity index is 295. The molecule has 0 spiro atoms. The van der Waals surface area contributed by atoms with E-state index in [-0.39, 0.29) is 5.16 Å². The fourth-order valence-corrected chi connectivity index (χ4v) is 2.08. The molecule has 0 saturated carbocycles. The molecule has 0 aliphatic heterocycles. The molecule has 1 atom stereocenters. The van der Waals surface area contributed by atoms with Gasteiger partial charge in [0.2, 0.25) is 0 Å². The van der Waals surface area contributed by atoms with Crippen LogP contribution in [-0.4, -0.2) is 0 Å². The van der Waals surface area contributed by atoms with Crippen LogP contribution in [0.4, 0.5) is 0 Å². The first kappa shape index (κ1) is 14.6. The van der Waals surface area contributed by atoms with Crippen LogP contribution in [0.3, 0.4) is 0 Å². The summed E-state index contributed by atoms with van der Waals surface area (Å²) in [4.78, 5) is 0. The van der Waals surface area contributed by atoms with Gasteiger partial charge in [-0.25, -0.2) is 0 Å². The predicted octanol–water partition coefficient (Wildman–Crippen LogP) is 4.69. The van der Waals surface area contributed by atoms with Crippen LogP contribution in [0.1, 0.15) is 51.3 Å². The van der Waals surface area contributed by atoms with Gasteiger partial charge in [-0.1, -0.05) is 52.8 Å². The maximum absolute atomic E-state index is 2.91. The zero-order valence-electron chi connectivity index (χ0n) is 11.0. The number of aryl methyl sites for hydroxylation is 1. The number of benzene rings is 1. The second-order valence-corrected chi connectivity index (χ2v) is 5.61. The Hall–Kier alpha value is -0.350. The molecule has 0 amide bonds. The standard InChI is InChI=1S/C12H19P.C2H6/c1-5-10-7-6-8-11(9(10)2)12(3,4)13;1-2/h6-8H,5,13H2,1-4H3;1-2H3. The first-order valence-corrected chi connectivity index (χ1v) is 6.42. The highest BCUT2D eigenvalue weighted by Gasteiger charge is 2.16. The second kappa shape index (κ2) is 6.28. The Morgan fingerprint density at radius 1 is 1.20 bits per heavy atom. The summed E-state index contributed by atoms with van der Waals surface area (Å²) in [6, 6.07) is 6.60. The van der Waals surface area contributed by atoms with Crippen molar-refractivity contribution in [3.05, 3.63) is 34.9 Å². The lowest BCUT2D eigenvalue weighted by molar-refractivity contribution is 0.771. The van der Waals surface area contributed by atoms with Crippen molar-refractivity contribution in [2.24, 2.45) is 0 Å². The lowest BCUT2D eigenvalue weighted by atomic mass is 9.93. The van der Waals surface area contributed by atoms with Gasteiger partial charge in [-0.05, 0) is 30.0 Å². The summed E-state index contributed by atoms with van der Waals surface area (Å²) in [5, 5.41) is 0.190. The zero-order chi connectivity index (χ0) is 12.1. The summed E-state index contributed by atoms with van der Waals surface area (Å²) in [5.74, 6) is 0. The molecule has 0 heterocycles. The fraction of sp³-hybridized carbons (Fsp3) is 0.571. The molecule has 0 saturated heterocycles. The van der Waals surface area contributed by atoms with Crippen molar-refractivity contribution in [1.82, 2.24) is 0 Å². The van der Waals surface area contributed by atoms with Crippen molar-refractivity contribution in [3.8, 4) is 0 Å². The molecule has 0 aliphatic rings. The van der Waals surface area contributed by atoms with Gasteiger partial charge in [0.25, 0.3) is 0 Å². The topological polar surface area (TPSA) is 0 Å². The van der Waals surface area contributed by atoms with E-state index in [4.69, 9.17) is 0 Å². The first-order valence-electron chi connectivity index (χ1n) is 5.84. The van der Waals surface area contributed by atoms with Crippen LogP contribution in [0.25, 0.3) is 0 Å². The summed E-state index contributed by atoms with van der Waals surface area (Å²) < 4.78 is 0. The van der Waals surface area contributed by atoms with Gasteiger partial charge in [0, 0.05) is 5.16 Å². The lowest BCUT2D eigenvalue weighted by Crippen LogP contribution is -2.09. The van der Waals surface area contributed by atoms with E-state index in [1.54, 1.807) is 0 Å². The molecule has 0 aliphatic carbocycles. The molecule has 1 aromatic carbocycles. The molecule has 1 heteroatoms. The van der Waals surface area contributed by atoms with Crippen LogP contribution in [0.2, 0.25) is 0 Å². The minimum atomic E-state index is 0.190. The summed E-state index contributed by atoms with van der Waals surface area (Å²) >= 11 is 0. The van der Waals surface area contributed by atoms with Gasteiger partial charge in [-0.2, -0.15) is 0 Å². The summed E-state index contributed by atoms with van der Waals surface area (Å²) in [6.45, 7) is 12.9. The third-order valence-corrected chi connectivity index (χ3v) is 2.83. The van der Waals surface area contributed by atoms with Crippen molar-refractivity contribution >= 4 is 9.24 Å². The molecule has 1 aromatic rings. The van der Waals surface area contributed by atoms with Crippen LogP contribution in [0.15, 0.2) is 18.2 Å². The maximum atomic E-state index is 2.91. The average Bonchev–Trinajstić information content (AvgIpc) is 2.19. The average molecular weight is 224 g/mol. The Kier molecular flexibility index (Phi) is 6.13. The SMILES string of the molecule is CC.CCc1cccc(C(C)(C)P)c1C. The third kappa shape index (κ3) is 3.95. The van der Waals surface area contributed by atoms with Gasteiger partial charge >= 0.3 is 0 Å². The smallest absolute Gasteiger partial charge is 0.00440 e. The molecule has 1 unspecified atom stereocenters. The molecule has 15 heavy (non-hydrogen) atoms. The minimum absolute atomic E-state index is 0.190. The highest BCUT2D eigenvalue weighted by atomic mass is 31.0. The van der Waals surface area contributed by atoms with E-state index in [9.17, 15) is 0 Å². The molecule has 0 bridgehead atoms. The molecule has 86 valence electrons. The fourth-order valence-electron chi connectivity index (χ4n) is 1.76. The molecule has 0 radical (unpaired) electrons. The first-order chi connectivity index (χ1) is 6.96. The van der Waals surface area contributed by atoms with Crippen LogP contribution >= 0.6 is 9.24 Å². The highest BCUT2D eigenvalue weighted by molar-refractivity contribution is 7.18. The Morgan fingerprint density at radius 3 is 2.13 bits per heavy atom. The number of rotatable bonds is 2. The lowest BCUT2D eigenvalue weighted by Gasteiger charge is -2.22. The van der Waals surface area contributed by atoms with Gasteiger partial charge in [0.05, 0.1) is 0 Å². The van der Waals surface area contributed by atoms with Gasteiger partial charge in [0.1, 0.15) is 0 Å². The van der Waals surface area contributed by atoms with E-state index in [1.165, 1.54) is 16.7 Å². The second-order valence-electron chi connectivity index (χ2n) is 4.16. The Morgan fingerprint density at radius 2 is 1.73 bits per heavy atom. The number of hydrogen-bond donors (Lipinski definition) is 0. The summed E-state index contributed by atoms with van der Waals surface area (Å²) in [5.41, 5.74) is 4.36. The molecule has 0 N–H and O–H groups in total. The van der Waals surface area contributed by atoms with Crippen molar-refractivity contribution in [2.75, 3.05) is 0 Å². The van der Waals surface area contributed by atoms with Crippen molar-refractivity contribution in [3.63, 3.8) is 0 Å². The maximum Gasteiger partial charge on any atom is 0.00440 e. The van der Waals surface area contributed by atoms with E-state index >= 15 is 0 Å². The molecular formula is C14H25P. The highest BCUT2D eigenvalue weighted by Crippen LogP contribution is 2.33. The van der Waals surface area contributed by atoms with E-state index in [0.29, 0.717) is 0 Å². The van der Waals surface area contributed by atoms with Gasteiger partial charge in [0.15, 0.2) is 0 Å². The molecular weight excluding hydrogens is 199 g/mol. The predicted molar refractivity (Wildman–Crippen MR) is 74.6 cm³/mol. The van der Waals surface area contributed by atoms with E-state index < -0.39 is 0 Å². The Balaban J connectivity index is 0.000000921. The monoisotopic (exact) mass is 224 g/mol. The normalized spacial score (nSPS) is 10.6. The van der Waals surface area contributed by atoms with E-state index in [2.05, 4.69) is 55.1 Å². The molecule has 0 aromatic heterocycles. The Labute approximate surface area is 97.7 Å². The van der Waals surface area contributed by atoms with Crippen LogP contribution in [-0.2, 0) is 11.6 Å². The third-order valence-electron chi connectivity index (χ3n) is 2.52. The summed E-state index contributed by atoms with van der Waals surface area (Å²) in [7, 11) is 2.91. The van der Waals surface area contributed by atoms with E-state index in [0.717, 1.165) is 6.42 Å².